The molecule has 2 heterocycles. The number of anilines is 1. The zero-order chi connectivity index (χ0) is 21.8. The van der Waals surface area contributed by atoms with E-state index < -0.39 is 0 Å². The summed E-state index contributed by atoms with van der Waals surface area (Å²) in [6, 6.07) is 19.4. The Morgan fingerprint density at radius 1 is 1.13 bits per heavy atom. The standard InChI is InChI=1S/C24H25N5O2/c1-16(2)21-13-22(27-26-21)25-24(30)20-15-29(14-17-8-5-4-6-9-17)28-23(20)18-10-7-11-19(12-18)31-3/h4-13,15-16H,14H2,1-3H3,(H2,25,26,27,30). The van der Waals surface area contributed by atoms with E-state index in [-0.39, 0.29) is 5.91 Å². The van der Waals surface area contributed by atoms with Crippen LogP contribution in [-0.4, -0.2) is 33.0 Å². The van der Waals surface area contributed by atoms with Gasteiger partial charge in [0.05, 0.1) is 19.2 Å². The van der Waals surface area contributed by atoms with Crippen molar-refractivity contribution in [3.8, 4) is 17.0 Å². The van der Waals surface area contributed by atoms with Gasteiger partial charge >= 0.3 is 0 Å². The van der Waals surface area contributed by atoms with Gasteiger partial charge in [0.25, 0.3) is 5.91 Å². The van der Waals surface area contributed by atoms with Crippen LogP contribution < -0.4 is 10.1 Å². The molecule has 31 heavy (non-hydrogen) atoms. The van der Waals surface area contributed by atoms with Crippen LogP contribution in [0.1, 0.15) is 41.4 Å². The van der Waals surface area contributed by atoms with Crippen molar-refractivity contribution < 1.29 is 9.53 Å². The van der Waals surface area contributed by atoms with E-state index in [9.17, 15) is 4.79 Å². The number of nitrogens with zero attached hydrogens (tertiary/aromatic N) is 3. The summed E-state index contributed by atoms with van der Waals surface area (Å²) in [7, 11) is 1.62. The van der Waals surface area contributed by atoms with Crippen LogP contribution in [0.3, 0.4) is 0 Å². The largest absolute Gasteiger partial charge is 0.497 e. The van der Waals surface area contributed by atoms with Gasteiger partial charge in [0.1, 0.15) is 11.4 Å². The lowest BCUT2D eigenvalue weighted by Gasteiger charge is -2.05. The van der Waals surface area contributed by atoms with Crippen molar-refractivity contribution in [1.82, 2.24) is 20.0 Å². The molecule has 0 bridgehead atoms. The molecule has 158 valence electrons. The second-order valence-corrected chi connectivity index (χ2v) is 7.62. The van der Waals surface area contributed by atoms with Gasteiger partial charge in [0.2, 0.25) is 0 Å². The number of H-pyrrole nitrogens is 1. The zero-order valence-corrected chi connectivity index (χ0v) is 17.8. The summed E-state index contributed by atoms with van der Waals surface area (Å²) >= 11 is 0. The number of amides is 1. The summed E-state index contributed by atoms with van der Waals surface area (Å²) in [4.78, 5) is 13.2. The summed E-state index contributed by atoms with van der Waals surface area (Å²) < 4.78 is 7.13. The molecule has 2 aromatic carbocycles. The van der Waals surface area contributed by atoms with Gasteiger partial charge in [-0.3, -0.25) is 14.6 Å². The van der Waals surface area contributed by atoms with Gasteiger partial charge in [-0.1, -0.05) is 56.3 Å². The molecule has 0 aliphatic carbocycles. The maximum absolute atomic E-state index is 13.2. The molecule has 0 spiro atoms. The highest BCUT2D eigenvalue weighted by atomic mass is 16.5. The van der Waals surface area contributed by atoms with E-state index in [1.807, 2.05) is 60.7 Å². The predicted octanol–water partition coefficient (Wildman–Crippen LogP) is 4.71. The van der Waals surface area contributed by atoms with E-state index in [1.165, 1.54) is 0 Å². The van der Waals surface area contributed by atoms with Gasteiger partial charge in [0, 0.05) is 23.5 Å². The number of carbonyl (C=O) groups excluding carboxylic acids is 1. The molecule has 2 aromatic heterocycles. The van der Waals surface area contributed by atoms with Crippen LogP contribution in [0.15, 0.2) is 66.9 Å². The second-order valence-electron chi connectivity index (χ2n) is 7.62. The Kier molecular flexibility index (Phi) is 5.84. The van der Waals surface area contributed by atoms with Crippen LogP contribution in [-0.2, 0) is 6.54 Å². The van der Waals surface area contributed by atoms with Crippen molar-refractivity contribution in [2.75, 3.05) is 12.4 Å². The lowest BCUT2D eigenvalue weighted by atomic mass is 10.1. The first-order valence-corrected chi connectivity index (χ1v) is 10.2. The minimum Gasteiger partial charge on any atom is -0.497 e. The molecular weight excluding hydrogens is 390 g/mol. The van der Waals surface area contributed by atoms with E-state index >= 15 is 0 Å². The average Bonchev–Trinajstić information content (AvgIpc) is 3.42. The third-order valence-electron chi connectivity index (χ3n) is 5.00. The van der Waals surface area contributed by atoms with Crippen molar-refractivity contribution in [3.05, 3.63) is 83.7 Å². The quantitative estimate of drug-likeness (QED) is 0.458. The Labute approximate surface area is 181 Å². The minimum absolute atomic E-state index is 0.265. The maximum Gasteiger partial charge on any atom is 0.260 e. The van der Waals surface area contributed by atoms with Crippen molar-refractivity contribution in [3.63, 3.8) is 0 Å². The normalized spacial score (nSPS) is 11.0. The Morgan fingerprint density at radius 3 is 2.65 bits per heavy atom. The Balaban J connectivity index is 1.68. The molecule has 0 fully saturated rings. The SMILES string of the molecule is COc1cccc(-c2nn(Cc3ccccc3)cc2C(=O)Nc2cc(C(C)C)[nH]n2)c1. The van der Waals surface area contributed by atoms with E-state index in [2.05, 4.69) is 29.4 Å². The molecule has 1 amide bonds. The molecule has 0 atom stereocenters. The molecule has 0 aliphatic heterocycles. The second kappa shape index (κ2) is 8.87. The first kappa shape index (κ1) is 20.4. The summed E-state index contributed by atoms with van der Waals surface area (Å²) in [5.74, 6) is 1.22. The molecule has 0 saturated heterocycles. The number of benzene rings is 2. The summed E-state index contributed by atoms with van der Waals surface area (Å²) in [5.41, 5.74) is 3.93. The van der Waals surface area contributed by atoms with Crippen molar-refractivity contribution >= 4 is 11.7 Å². The van der Waals surface area contributed by atoms with Crippen LogP contribution in [0.2, 0.25) is 0 Å². The Morgan fingerprint density at radius 2 is 1.94 bits per heavy atom. The molecule has 0 saturated carbocycles. The smallest absolute Gasteiger partial charge is 0.260 e. The fourth-order valence-electron chi connectivity index (χ4n) is 3.30. The number of rotatable bonds is 7. The first-order chi connectivity index (χ1) is 15.0. The summed E-state index contributed by atoms with van der Waals surface area (Å²) in [6.07, 6.45) is 1.77. The molecule has 2 N–H and O–H groups in total. The minimum atomic E-state index is -0.265. The zero-order valence-electron chi connectivity index (χ0n) is 17.8. The number of aromatic nitrogens is 4. The highest BCUT2D eigenvalue weighted by molar-refractivity contribution is 6.07. The first-order valence-electron chi connectivity index (χ1n) is 10.2. The van der Waals surface area contributed by atoms with Crippen LogP contribution in [0.25, 0.3) is 11.3 Å². The third kappa shape index (κ3) is 4.66. The van der Waals surface area contributed by atoms with Crippen molar-refractivity contribution in [2.45, 2.75) is 26.3 Å². The van der Waals surface area contributed by atoms with Crippen molar-refractivity contribution in [1.29, 1.82) is 0 Å². The third-order valence-corrected chi connectivity index (χ3v) is 5.00. The van der Waals surface area contributed by atoms with Gasteiger partial charge in [0.15, 0.2) is 5.82 Å². The van der Waals surface area contributed by atoms with E-state index in [1.54, 1.807) is 18.0 Å². The molecule has 7 nitrogen and oxygen atoms in total. The molecule has 4 aromatic rings. The van der Waals surface area contributed by atoms with Crippen LogP contribution in [0.5, 0.6) is 5.75 Å². The van der Waals surface area contributed by atoms with Gasteiger partial charge in [-0.15, -0.1) is 0 Å². The lowest BCUT2D eigenvalue weighted by Crippen LogP contribution is -2.12. The number of aromatic amines is 1. The van der Waals surface area contributed by atoms with Crippen LogP contribution in [0, 0.1) is 0 Å². The number of nitrogens with one attached hydrogen (secondary N) is 2. The summed E-state index contributed by atoms with van der Waals surface area (Å²) in [5, 5.41) is 14.8. The number of hydrogen-bond donors (Lipinski definition) is 2. The topological polar surface area (TPSA) is 84.8 Å². The van der Waals surface area contributed by atoms with Crippen molar-refractivity contribution in [2.24, 2.45) is 0 Å². The molecule has 4 rings (SSSR count). The van der Waals surface area contributed by atoms with Gasteiger partial charge in [-0.05, 0) is 23.6 Å². The number of ether oxygens (including phenoxy) is 1. The Bertz CT molecular complexity index is 1180. The monoisotopic (exact) mass is 415 g/mol. The Hall–Kier alpha value is -3.87. The average molecular weight is 415 g/mol. The number of hydrogen-bond acceptors (Lipinski definition) is 4. The highest BCUT2D eigenvalue weighted by Gasteiger charge is 2.20. The van der Waals surface area contributed by atoms with Gasteiger partial charge in [-0.2, -0.15) is 10.2 Å². The van der Waals surface area contributed by atoms with Gasteiger partial charge in [-0.25, -0.2) is 0 Å². The molecule has 7 heteroatoms. The molecular formula is C24H25N5O2. The molecule has 0 aliphatic rings. The fraction of sp³-hybridized carbons (Fsp3) is 0.208. The van der Waals surface area contributed by atoms with Crippen LogP contribution >= 0.6 is 0 Å². The van der Waals surface area contributed by atoms with E-state index in [0.717, 1.165) is 16.8 Å². The summed E-state index contributed by atoms with van der Waals surface area (Å²) in [6.45, 7) is 4.69. The fourth-order valence-corrected chi connectivity index (χ4v) is 3.30. The number of carbonyl (C=O) groups is 1. The predicted molar refractivity (Wildman–Crippen MR) is 120 cm³/mol. The highest BCUT2D eigenvalue weighted by Crippen LogP contribution is 2.27. The number of methoxy groups -OCH3 is 1. The molecule has 0 unspecified atom stereocenters. The lowest BCUT2D eigenvalue weighted by molar-refractivity contribution is 0.102. The molecule has 0 radical (unpaired) electrons. The maximum atomic E-state index is 13.2. The van der Waals surface area contributed by atoms with Crippen LogP contribution in [0.4, 0.5) is 5.82 Å². The van der Waals surface area contributed by atoms with Gasteiger partial charge < -0.3 is 10.1 Å². The van der Waals surface area contributed by atoms with E-state index in [0.29, 0.717) is 35.3 Å². The van der Waals surface area contributed by atoms with E-state index in [4.69, 9.17) is 9.84 Å².